The van der Waals surface area contributed by atoms with E-state index in [0.717, 1.165) is 37.1 Å². The molecule has 0 bridgehead atoms. The number of rotatable bonds is 13. The van der Waals surface area contributed by atoms with Crippen molar-refractivity contribution in [3.8, 4) is 0 Å². The van der Waals surface area contributed by atoms with Crippen LogP contribution in [0.25, 0.3) is 0 Å². The largest absolute Gasteiger partial charge is 0.350 e. The summed E-state index contributed by atoms with van der Waals surface area (Å²) in [5.74, 6) is -1.30. The zero-order valence-corrected chi connectivity index (χ0v) is 26.7. The van der Waals surface area contributed by atoms with Crippen molar-refractivity contribution in [1.29, 1.82) is 0 Å². The Balaban J connectivity index is 1.48. The lowest BCUT2D eigenvalue weighted by atomic mass is 9.97. The highest BCUT2D eigenvalue weighted by atomic mass is 35.5. The Bertz CT molecular complexity index is 1400. The van der Waals surface area contributed by atoms with Crippen LogP contribution >= 0.6 is 11.6 Å². The fourth-order valence-electron chi connectivity index (χ4n) is 5.88. The molecule has 2 aromatic carbocycles. The van der Waals surface area contributed by atoms with Gasteiger partial charge in [0.1, 0.15) is 12.1 Å². The highest BCUT2D eigenvalue weighted by Gasteiger charge is 2.39. The van der Waals surface area contributed by atoms with E-state index in [-0.39, 0.29) is 43.6 Å². The van der Waals surface area contributed by atoms with E-state index in [1.807, 2.05) is 0 Å². The number of carbonyl (C=O) groups excluding carboxylic acids is 3. The van der Waals surface area contributed by atoms with Crippen LogP contribution in [0.1, 0.15) is 48.8 Å². The van der Waals surface area contributed by atoms with Crippen LogP contribution in [-0.4, -0.2) is 81.2 Å². The van der Waals surface area contributed by atoms with Crippen molar-refractivity contribution in [2.75, 3.05) is 33.2 Å². The summed E-state index contributed by atoms with van der Waals surface area (Å²) in [5, 5.41) is 6.71. The van der Waals surface area contributed by atoms with Crippen molar-refractivity contribution in [1.82, 2.24) is 25.2 Å². The summed E-state index contributed by atoms with van der Waals surface area (Å²) < 4.78 is 29.0. The van der Waals surface area contributed by atoms with Crippen LogP contribution in [0.5, 0.6) is 0 Å². The smallest absolute Gasteiger partial charge is 0.243 e. The fourth-order valence-corrected chi connectivity index (χ4v) is 7.40. The van der Waals surface area contributed by atoms with Crippen LogP contribution in [-0.2, 0) is 43.2 Å². The molecule has 2 fully saturated rings. The van der Waals surface area contributed by atoms with Gasteiger partial charge in [0.05, 0.1) is 12.2 Å². The lowest BCUT2D eigenvalue weighted by Gasteiger charge is -2.31. The number of amides is 3. The molecule has 0 saturated carbocycles. The third-order valence-electron chi connectivity index (χ3n) is 8.29. The molecule has 2 aromatic rings. The van der Waals surface area contributed by atoms with Gasteiger partial charge >= 0.3 is 0 Å². The zero-order valence-electron chi connectivity index (χ0n) is 25.1. The second-order valence-corrected chi connectivity index (χ2v) is 13.8. The first-order chi connectivity index (χ1) is 21.1. The summed E-state index contributed by atoms with van der Waals surface area (Å²) in [6.07, 6.45) is 2.53. The minimum atomic E-state index is -4.00. The molecular weight excluding hydrogens is 604 g/mol. The molecule has 3 amide bonds. The number of nitrogens with zero attached hydrogens (tertiary/aromatic N) is 2. The zero-order chi connectivity index (χ0) is 31.7. The molecule has 0 radical (unpaired) electrons. The SMILES string of the molecule is CN(CC1CCNCC1)C(=O)C[C@@H](NS(=O)(=O)Cc1ccccc1)C(=O)N1CCC[C@H]1C(=O)NCc1cc(Cl)ccc1CN. The lowest BCUT2D eigenvalue weighted by molar-refractivity contribution is -0.142. The van der Waals surface area contributed by atoms with Crippen LogP contribution in [0.3, 0.4) is 0 Å². The Morgan fingerprint density at radius 3 is 2.52 bits per heavy atom. The van der Waals surface area contributed by atoms with Crippen molar-refractivity contribution in [3.05, 3.63) is 70.2 Å². The Morgan fingerprint density at radius 2 is 1.82 bits per heavy atom. The topological polar surface area (TPSA) is 154 Å². The van der Waals surface area contributed by atoms with E-state index in [1.165, 1.54) is 4.90 Å². The highest BCUT2D eigenvalue weighted by molar-refractivity contribution is 7.88. The van der Waals surface area contributed by atoms with Gasteiger partial charge in [0.2, 0.25) is 27.7 Å². The molecule has 4 rings (SSSR count). The summed E-state index contributed by atoms with van der Waals surface area (Å²) in [5.41, 5.74) is 8.01. The molecular formula is C31H43ClN6O5S. The summed E-state index contributed by atoms with van der Waals surface area (Å²) in [6.45, 7) is 3.03. The molecule has 2 atom stereocenters. The van der Waals surface area contributed by atoms with Gasteiger partial charge < -0.3 is 26.2 Å². The van der Waals surface area contributed by atoms with Crippen molar-refractivity contribution in [3.63, 3.8) is 0 Å². The number of nitrogens with two attached hydrogens (primary N) is 1. The summed E-state index contributed by atoms with van der Waals surface area (Å²) >= 11 is 6.14. The van der Waals surface area contributed by atoms with Crippen LogP contribution < -0.4 is 21.1 Å². The van der Waals surface area contributed by atoms with Gasteiger partial charge in [-0.05, 0) is 73.5 Å². The summed E-state index contributed by atoms with van der Waals surface area (Å²) in [6, 6.07) is 11.8. The Hall–Kier alpha value is -3.03. The fraction of sp³-hybridized carbons (Fsp3) is 0.516. The second-order valence-electron chi connectivity index (χ2n) is 11.6. The quantitative estimate of drug-likeness (QED) is 0.259. The van der Waals surface area contributed by atoms with E-state index < -0.39 is 28.0 Å². The Morgan fingerprint density at radius 1 is 1.09 bits per heavy atom. The number of hydrogen-bond acceptors (Lipinski definition) is 7. The highest BCUT2D eigenvalue weighted by Crippen LogP contribution is 2.22. The molecule has 0 aromatic heterocycles. The number of nitrogens with one attached hydrogen (secondary N) is 3. The van der Waals surface area contributed by atoms with Gasteiger partial charge in [-0.2, -0.15) is 0 Å². The molecule has 2 aliphatic heterocycles. The summed E-state index contributed by atoms with van der Waals surface area (Å²) in [7, 11) is -2.32. The third-order valence-corrected chi connectivity index (χ3v) is 9.89. The third kappa shape index (κ3) is 9.48. The van der Waals surface area contributed by atoms with E-state index in [2.05, 4.69) is 15.4 Å². The molecule has 44 heavy (non-hydrogen) atoms. The van der Waals surface area contributed by atoms with E-state index in [1.54, 1.807) is 60.5 Å². The van der Waals surface area contributed by atoms with Gasteiger partial charge in [0.15, 0.2) is 0 Å². The van der Waals surface area contributed by atoms with Gasteiger partial charge in [-0.15, -0.1) is 0 Å². The molecule has 13 heteroatoms. The predicted molar refractivity (Wildman–Crippen MR) is 170 cm³/mol. The monoisotopic (exact) mass is 646 g/mol. The van der Waals surface area contributed by atoms with Gasteiger partial charge in [-0.1, -0.05) is 48.0 Å². The van der Waals surface area contributed by atoms with Crippen molar-refractivity contribution in [2.45, 2.75) is 63.0 Å². The Kier molecular flexibility index (Phi) is 12.2. The number of likely N-dealkylation sites (tertiary alicyclic amines) is 1. The maximum atomic E-state index is 14.0. The molecule has 2 saturated heterocycles. The van der Waals surface area contributed by atoms with Crippen LogP contribution in [0.4, 0.5) is 0 Å². The van der Waals surface area contributed by atoms with Gasteiger partial charge in [0, 0.05) is 38.2 Å². The number of halogens is 1. The number of piperidine rings is 1. The summed E-state index contributed by atoms with van der Waals surface area (Å²) in [4.78, 5) is 43.6. The molecule has 240 valence electrons. The lowest BCUT2D eigenvalue weighted by Crippen LogP contribution is -2.54. The maximum Gasteiger partial charge on any atom is 0.243 e. The Labute approximate surface area is 264 Å². The van der Waals surface area contributed by atoms with Crippen LogP contribution in [0.2, 0.25) is 5.02 Å². The standard InChI is InChI=1S/C31H43ClN6O5S/c1-37(20-22-11-13-34-14-12-22)29(39)17-27(36-44(42,43)21-23-6-3-2-4-7-23)31(41)38-15-5-8-28(38)30(40)35-19-25-16-26(32)10-9-24(25)18-33/h2-4,6-7,9-10,16,22,27-28,34,36H,5,8,11-15,17-21,33H2,1H3,(H,35,40)/t27-,28+/m1/s1. The van der Waals surface area contributed by atoms with E-state index in [9.17, 15) is 22.8 Å². The average molecular weight is 647 g/mol. The minimum absolute atomic E-state index is 0.178. The second kappa shape index (κ2) is 15.8. The van der Waals surface area contributed by atoms with Gasteiger partial charge in [-0.3, -0.25) is 14.4 Å². The number of benzene rings is 2. The molecule has 0 spiro atoms. The molecule has 2 heterocycles. The van der Waals surface area contributed by atoms with E-state index in [0.29, 0.717) is 35.9 Å². The maximum absolute atomic E-state index is 14.0. The van der Waals surface area contributed by atoms with Crippen LogP contribution in [0.15, 0.2) is 48.5 Å². The first-order valence-electron chi connectivity index (χ1n) is 15.1. The van der Waals surface area contributed by atoms with Crippen LogP contribution in [0, 0.1) is 5.92 Å². The predicted octanol–water partition coefficient (Wildman–Crippen LogP) is 1.74. The number of hydrogen-bond donors (Lipinski definition) is 4. The first kappa shape index (κ1) is 33.9. The van der Waals surface area contributed by atoms with Crippen molar-refractivity contribution in [2.24, 2.45) is 11.7 Å². The number of sulfonamides is 1. The molecule has 0 aliphatic carbocycles. The first-order valence-corrected chi connectivity index (χ1v) is 17.1. The van der Waals surface area contributed by atoms with Gasteiger partial charge in [-0.25, -0.2) is 13.1 Å². The normalized spacial score (nSPS) is 18.2. The number of carbonyl (C=O) groups is 3. The van der Waals surface area contributed by atoms with Crippen molar-refractivity contribution < 1.29 is 22.8 Å². The minimum Gasteiger partial charge on any atom is -0.350 e. The van der Waals surface area contributed by atoms with E-state index in [4.69, 9.17) is 17.3 Å². The van der Waals surface area contributed by atoms with Crippen molar-refractivity contribution >= 4 is 39.3 Å². The molecule has 0 unspecified atom stereocenters. The average Bonchev–Trinajstić information content (AvgIpc) is 3.50. The molecule has 5 N–H and O–H groups in total. The molecule has 2 aliphatic rings. The van der Waals surface area contributed by atoms with Gasteiger partial charge in [0.25, 0.3) is 0 Å². The van der Waals surface area contributed by atoms with E-state index >= 15 is 0 Å². The molecule has 11 nitrogen and oxygen atoms in total.